The number of hydrogen-bond acceptors (Lipinski definition) is 7. The number of amides is 1. The molecule has 3 heterocycles. The van der Waals surface area contributed by atoms with Crippen LogP contribution in [0.2, 0.25) is 0 Å². The normalized spacial score (nSPS) is 29.5. The van der Waals surface area contributed by atoms with Gasteiger partial charge in [-0.25, -0.2) is 4.39 Å². The van der Waals surface area contributed by atoms with Crippen LogP contribution in [0.4, 0.5) is 10.1 Å². The first-order valence-corrected chi connectivity index (χ1v) is 18.6. The molecule has 2 aromatic carbocycles. The van der Waals surface area contributed by atoms with Crippen LogP contribution in [0, 0.1) is 17.2 Å². The summed E-state index contributed by atoms with van der Waals surface area (Å²) in [5, 5.41) is 9.54. The largest absolute Gasteiger partial charge is 0.497 e. The van der Waals surface area contributed by atoms with Crippen molar-refractivity contribution < 1.29 is 33.3 Å². The van der Waals surface area contributed by atoms with Crippen LogP contribution in [-0.4, -0.2) is 105 Å². The maximum atomic E-state index is 15.2. The Morgan fingerprint density at radius 3 is 2.30 bits per heavy atom. The van der Waals surface area contributed by atoms with Crippen LogP contribution in [0.1, 0.15) is 88.7 Å². The summed E-state index contributed by atoms with van der Waals surface area (Å²) in [5.74, 6) is -0.500. The van der Waals surface area contributed by atoms with Crippen molar-refractivity contribution >= 4 is 17.6 Å². The number of rotatable bonds is 11. The number of benzene rings is 2. The van der Waals surface area contributed by atoms with Gasteiger partial charge >= 0.3 is 5.97 Å². The molecule has 4 fully saturated rings. The number of aliphatic carboxylic acids is 1. The fourth-order valence-electron chi connectivity index (χ4n) is 9.34. The van der Waals surface area contributed by atoms with Crippen molar-refractivity contribution in [3.05, 3.63) is 59.4 Å². The van der Waals surface area contributed by atoms with Crippen LogP contribution in [0.3, 0.4) is 0 Å². The summed E-state index contributed by atoms with van der Waals surface area (Å²) in [6, 6.07) is 13.5. The van der Waals surface area contributed by atoms with Gasteiger partial charge in [0.05, 0.1) is 43.3 Å². The average Bonchev–Trinajstić information content (AvgIpc) is 3.70. The molecule has 3 saturated heterocycles. The maximum Gasteiger partial charge on any atom is 0.306 e. The van der Waals surface area contributed by atoms with E-state index in [9.17, 15) is 14.3 Å². The van der Waals surface area contributed by atoms with Crippen molar-refractivity contribution in [2.75, 3.05) is 58.5 Å². The zero-order valence-electron chi connectivity index (χ0n) is 30.5. The zero-order chi connectivity index (χ0) is 35.6. The summed E-state index contributed by atoms with van der Waals surface area (Å²) in [6.07, 6.45) is 6.50. The van der Waals surface area contributed by atoms with Gasteiger partial charge in [0.25, 0.3) is 0 Å². The number of carbonyl (C=O) groups excluding carboxylic acids is 1. The molecule has 3 aliphatic heterocycles. The minimum atomic E-state index is -0.767. The molecule has 9 nitrogen and oxygen atoms in total. The smallest absolute Gasteiger partial charge is 0.306 e. The fraction of sp³-hybridized carbons (Fsp3) is 0.650. The second-order valence-corrected chi connectivity index (χ2v) is 15.6. The number of likely N-dealkylation sites (tertiary alicyclic amines) is 2. The Hall–Kier alpha value is -3.21. The van der Waals surface area contributed by atoms with Gasteiger partial charge in [-0.15, -0.1) is 0 Å². The van der Waals surface area contributed by atoms with E-state index in [2.05, 4.69) is 47.6 Å². The van der Waals surface area contributed by atoms with Crippen LogP contribution < -0.4 is 9.64 Å². The summed E-state index contributed by atoms with van der Waals surface area (Å²) in [5.41, 5.74) is 2.31. The van der Waals surface area contributed by atoms with E-state index in [1.54, 1.807) is 20.3 Å². The predicted octanol–water partition coefficient (Wildman–Crippen LogP) is 6.31. The Labute approximate surface area is 297 Å². The lowest BCUT2D eigenvalue weighted by molar-refractivity contribution is -0.143. The minimum absolute atomic E-state index is 0.00340. The molecule has 0 radical (unpaired) electrons. The number of hydrogen-bond donors (Lipinski definition) is 1. The van der Waals surface area contributed by atoms with E-state index in [0.29, 0.717) is 57.8 Å². The Balaban J connectivity index is 1.26. The summed E-state index contributed by atoms with van der Waals surface area (Å²) in [6.45, 7) is 9.94. The Bertz CT molecular complexity index is 1470. The summed E-state index contributed by atoms with van der Waals surface area (Å²) in [4.78, 5) is 33.5. The fourth-order valence-corrected chi connectivity index (χ4v) is 9.34. The van der Waals surface area contributed by atoms with Gasteiger partial charge in [-0.2, -0.15) is 0 Å². The number of nitrogens with zero attached hydrogens (tertiary/aromatic N) is 3. The lowest BCUT2D eigenvalue weighted by atomic mass is 9.74. The zero-order valence-corrected chi connectivity index (χ0v) is 30.5. The second-order valence-electron chi connectivity index (χ2n) is 15.6. The van der Waals surface area contributed by atoms with Crippen LogP contribution in [0.15, 0.2) is 42.5 Å². The molecule has 0 bridgehead atoms. The number of ether oxygens (including phenoxy) is 3. The molecule has 0 unspecified atom stereocenters. The molecule has 2 aromatic rings. The standard InChI is InChI=1S/C40H56FN3O6/c1-26(2)50-34-13-9-31(10-14-34)43-23-36(27-6-11-33(49-5)12-7-27)40(3,25-43)39(47)44-22-29(20-32(44)24-48-4)35-15-8-30(41)21-37(35)42-18-16-28(17-19-42)38(45)46/h6-8,11-12,15,21,26,28-29,31-32,34,36H,9-10,13-14,16-20,22-25H2,1-5H3,(H,45,46)/t29-,31-,32+,34-,36+,40-/m1/s1. The highest BCUT2D eigenvalue weighted by Gasteiger charge is 2.54. The van der Waals surface area contributed by atoms with E-state index in [1.807, 2.05) is 18.2 Å². The number of piperidine rings is 1. The van der Waals surface area contributed by atoms with E-state index in [1.165, 1.54) is 6.07 Å². The Morgan fingerprint density at radius 2 is 1.68 bits per heavy atom. The average molecular weight is 694 g/mol. The van der Waals surface area contributed by atoms with Gasteiger partial charge < -0.3 is 29.1 Å². The highest BCUT2D eigenvalue weighted by atomic mass is 19.1. The molecule has 1 saturated carbocycles. The predicted molar refractivity (Wildman–Crippen MR) is 191 cm³/mol. The molecule has 1 N–H and O–H groups in total. The Morgan fingerprint density at radius 1 is 0.980 bits per heavy atom. The summed E-state index contributed by atoms with van der Waals surface area (Å²) < 4.78 is 32.1. The minimum Gasteiger partial charge on any atom is -0.497 e. The van der Waals surface area contributed by atoms with Crippen molar-refractivity contribution in [1.82, 2.24) is 9.80 Å². The number of anilines is 1. The molecular formula is C40H56FN3O6. The van der Waals surface area contributed by atoms with E-state index in [-0.39, 0.29) is 41.6 Å². The van der Waals surface area contributed by atoms with Gasteiger partial charge in [-0.05, 0) is 101 Å². The number of halogens is 1. The van der Waals surface area contributed by atoms with Crippen molar-refractivity contribution in [3.8, 4) is 5.75 Å². The number of carboxylic acids is 1. The van der Waals surface area contributed by atoms with Crippen LogP contribution in [0.25, 0.3) is 0 Å². The SMILES string of the molecule is COC[C@@H]1C[C@@H](c2ccc(F)cc2N2CCC(C(=O)O)CC2)CN1C(=O)[C@]1(C)CN([C@H]2CC[C@H](OC(C)C)CC2)C[C@H]1c1ccc(OC)cc1. The summed E-state index contributed by atoms with van der Waals surface area (Å²) >= 11 is 0. The topological polar surface area (TPSA) is 91.8 Å². The third-order valence-electron chi connectivity index (χ3n) is 12.0. The molecule has 274 valence electrons. The summed E-state index contributed by atoms with van der Waals surface area (Å²) in [7, 11) is 3.36. The molecule has 6 rings (SSSR count). The molecule has 1 aliphatic carbocycles. The van der Waals surface area contributed by atoms with Gasteiger partial charge in [-0.1, -0.05) is 18.2 Å². The lowest BCUT2D eigenvalue weighted by Crippen LogP contribution is -2.50. The molecule has 10 heteroatoms. The molecule has 50 heavy (non-hydrogen) atoms. The molecule has 4 atom stereocenters. The van der Waals surface area contributed by atoms with E-state index < -0.39 is 11.4 Å². The van der Waals surface area contributed by atoms with Crippen molar-refractivity contribution in [2.24, 2.45) is 11.3 Å². The maximum absolute atomic E-state index is 15.2. The first-order valence-electron chi connectivity index (χ1n) is 18.6. The third-order valence-corrected chi connectivity index (χ3v) is 12.0. The first-order chi connectivity index (χ1) is 24.0. The van der Waals surface area contributed by atoms with Gasteiger partial charge in [-0.3, -0.25) is 14.5 Å². The number of carbonyl (C=O) groups is 2. The quantitative estimate of drug-likeness (QED) is 0.293. The van der Waals surface area contributed by atoms with Gasteiger partial charge in [0.2, 0.25) is 5.91 Å². The third kappa shape index (κ3) is 7.67. The van der Waals surface area contributed by atoms with E-state index in [4.69, 9.17) is 14.2 Å². The molecule has 0 spiro atoms. The monoisotopic (exact) mass is 693 g/mol. The molecule has 1 amide bonds. The number of carboxylic acid groups (broad SMARTS) is 1. The van der Waals surface area contributed by atoms with Gasteiger partial charge in [0, 0.05) is 63.4 Å². The van der Waals surface area contributed by atoms with E-state index in [0.717, 1.165) is 61.2 Å². The van der Waals surface area contributed by atoms with Crippen LogP contribution in [-0.2, 0) is 19.1 Å². The van der Waals surface area contributed by atoms with Gasteiger partial charge in [0.15, 0.2) is 0 Å². The van der Waals surface area contributed by atoms with Crippen molar-refractivity contribution in [2.45, 2.75) is 102 Å². The van der Waals surface area contributed by atoms with Crippen LogP contribution in [0.5, 0.6) is 5.75 Å². The highest BCUT2D eigenvalue weighted by molar-refractivity contribution is 5.85. The van der Waals surface area contributed by atoms with E-state index >= 15 is 4.79 Å². The lowest BCUT2D eigenvalue weighted by Gasteiger charge is -2.38. The molecule has 0 aromatic heterocycles. The van der Waals surface area contributed by atoms with Crippen LogP contribution >= 0.6 is 0 Å². The molecular weight excluding hydrogens is 637 g/mol. The van der Waals surface area contributed by atoms with Crippen molar-refractivity contribution in [1.29, 1.82) is 0 Å². The highest BCUT2D eigenvalue weighted by Crippen LogP contribution is 2.49. The number of methoxy groups -OCH3 is 2. The Kier molecular flexibility index (Phi) is 11.4. The first kappa shape index (κ1) is 36.6. The second kappa shape index (κ2) is 15.6. The van der Waals surface area contributed by atoms with Gasteiger partial charge in [0.1, 0.15) is 11.6 Å². The van der Waals surface area contributed by atoms with Crippen molar-refractivity contribution in [3.63, 3.8) is 0 Å². The molecule has 4 aliphatic rings.